The van der Waals surface area contributed by atoms with E-state index in [9.17, 15) is 23.1 Å². The Bertz CT molecular complexity index is 1050. The molecule has 0 saturated heterocycles. The third-order valence-electron chi connectivity index (χ3n) is 4.35. The topological polar surface area (TPSA) is 89.3 Å². The molecule has 0 aliphatic carbocycles. The van der Waals surface area contributed by atoms with Crippen molar-refractivity contribution in [3.8, 4) is 22.9 Å². The molecule has 2 N–H and O–H groups in total. The molecule has 31 heavy (non-hydrogen) atoms. The van der Waals surface area contributed by atoms with E-state index in [1.54, 1.807) is 37.0 Å². The Kier molecular flexibility index (Phi) is 6.59. The Hall–Kier alpha value is -3.40. The van der Waals surface area contributed by atoms with E-state index in [-0.39, 0.29) is 23.1 Å². The minimum Gasteiger partial charge on any atom is -0.438 e. The summed E-state index contributed by atoms with van der Waals surface area (Å²) in [7, 11) is 1.72. The Morgan fingerprint density at radius 2 is 1.97 bits per heavy atom. The van der Waals surface area contributed by atoms with Crippen LogP contribution in [0.15, 0.2) is 48.8 Å². The van der Waals surface area contributed by atoms with Crippen LogP contribution in [0, 0.1) is 0 Å². The maximum Gasteiger partial charge on any atom is 0.416 e. The predicted molar refractivity (Wildman–Crippen MR) is 107 cm³/mol. The number of pyridine rings is 1. The Balaban J connectivity index is 1.88. The molecule has 0 unspecified atom stereocenters. The number of aryl methyl sites for hydroxylation is 1. The number of amides is 1. The van der Waals surface area contributed by atoms with Crippen LogP contribution in [-0.4, -0.2) is 38.4 Å². The molecule has 0 radical (unpaired) electrons. The summed E-state index contributed by atoms with van der Waals surface area (Å²) in [4.78, 5) is 16.6. The van der Waals surface area contributed by atoms with Crippen molar-refractivity contribution in [2.45, 2.75) is 25.6 Å². The normalized spacial score (nSPS) is 12.5. The maximum atomic E-state index is 12.8. The fourth-order valence-electron chi connectivity index (χ4n) is 2.72. The highest BCUT2D eigenvalue weighted by Crippen LogP contribution is 2.34. The first-order valence-corrected chi connectivity index (χ1v) is 9.45. The highest BCUT2D eigenvalue weighted by molar-refractivity contribution is 5.95. The van der Waals surface area contributed by atoms with E-state index < -0.39 is 17.8 Å². The van der Waals surface area contributed by atoms with Gasteiger partial charge in [0, 0.05) is 26.0 Å². The maximum absolute atomic E-state index is 12.8. The average molecular weight is 434 g/mol. The van der Waals surface area contributed by atoms with Gasteiger partial charge in [-0.2, -0.15) is 18.3 Å². The lowest BCUT2D eigenvalue weighted by atomic mass is 10.1. The Morgan fingerprint density at radius 3 is 2.55 bits per heavy atom. The quantitative estimate of drug-likeness (QED) is 0.591. The van der Waals surface area contributed by atoms with E-state index in [0.717, 1.165) is 12.1 Å². The summed E-state index contributed by atoms with van der Waals surface area (Å²) in [6.07, 6.45) is -1.57. The second kappa shape index (κ2) is 9.17. The van der Waals surface area contributed by atoms with Crippen molar-refractivity contribution in [1.82, 2.24) is 20.1 Å². The number of ether oxygens (including phenoxy) is 1. The van der Waals surface area contributed by atoms with Gasteiger partial charge < -0.3 is 15.2 Å². The van der Waals surface area contributed by atoms with Gasteiger partial charge >= 0.3 is 6.18 Å². The molecule has 0 spiro atoms. The molecule has 2 heterocycles. The molecule has 3 rings (SSSR count). The van der Waals surface area contributed by atoms with Gasteiger partial charge in [0.1, 0.15) is 5.75 Å². The van der Waals surface area contributed by atoms with E-state index in [2.05, 4.69) is 15.4 Å². The monoisotopic (exact) mass is 434 g/mol. The molecule has 164 valence electrons. The molecule has 2 aromatic heterocycles. The Labute approximate surface area is 176 Å². The van der Waals surface area contributed by atoms with Crippen molar-refractivity contribution in [3.63, 3.8) is 0 Å². The summed E-state index contributed by atoms with van der Waals surface area (Å²) in [5.74, 6) is -0.128. The lowest BCUT2D eigenvalue weighted by Gasteiger charge is -2.12. The summed E-state index contributed by atoms with van der Waals surface area (Å²) in [5, 5.41) is 16.3. The molecular weight excluding hydrogens is 413 g/mol. The minimum atomic E-state index is -4.45. The van der Waals surface area contributed by atoms with Gasteiger partial charge in [-0.1, -0.05) is 0 Å². The van der Waals surface area contributed by atoms with Gasteiger partial charge in [0.25, 0.3) is 5.91 Å². The van der Waals surface area contributed by atoms with E-state index in [0.29, 0.717) is 24.2 Å². The van der Waals surface area contributed by atoms with E-state index in [1.807, 2.05) is 0 Å². The van der Waals surface area contributed by atoms with Crippen molar-refractivity contribution >= 4 is 5.91 Å². The summed E-state index contributed by atoms with van der Waals surface area (Å²) in [5.41, 5.74) is 0.354. The number of rotatable bonds is 7. The number of nitrogens with one attached hydrogen (secondary N) is 1. The number of aliphatic hydroxyl groups excluding tert-OH is 1. The van der Waals surface area contributed by atoms with Crippen LogP contribution in [0.5, 0.6) is 11.6 Å². The molecule has 10 heteroatoms. The molecule has 0 saturated carbocycles. The third-order valence-corrected chi connectivity index (χ3v) is 4.35. The molecule has 0 bridgehead atoms. The highest BCUT2D eigenvalue weighted by Gasteiger charge is 2.30. The molecule has 0 aliphatic heterocycles. The number of alkyl halides is 3. The number of benzene rings is 1. The van der Waals surface area contributed by atoms with Gasteiger partial charge in [0.05, 0.1) is 28.5 Å². The molecule has 1 aromatic carbocycles. The van der Waals surface area contributed by atoms with Crippen molar-refractivity contribution < 1.29 is 27.8 Å². The molecule has 3 aromatic rings. The number of halogens is 3. The number of aliphatic hydroxyl groups is 1. The molecule has 0 fully saturated rings. The minimum absolute atomic E-state index is 0.0963. The number of carbonyl (C=O) groups is 1. The molecule has 0 aliphatic rings. The third kappa shape index (κ3) is 5.82. The zero-order chi connectivity index (χ0) is 22.6. The number of hydrogen-bond donors (Lipinski definition) is 2. The lowest BCUT2D eigenvalue weighted by Crippen LogP contribution is -2.26. The first-order chi connectivity index (χ1) is 14.6. The van der Waals surface area contributed by atoms with Gasteiger partial charge in [-0.3, -0.25) is 9.48 Å². The van der Waals surface area contributed by atoms with Gasteiger partial charge in [-0.05, 0) is 49.7 Å². The van der Waals surface area contributed by atoms with Gasteiger partial charge in [0.15, 0.2) is 0 Å². The van der Waals surface area contributed by atoms with Crippen LogP contribution in [0.25, 0.3) is 11.3 Å². The zero-order valence-electron chi connectivity index (χ0n) is 16.8. The molecular formula is C21H21F3N4O3. The fraction of sp³-hybridized carbons (Fsp3) is 0.286. The van der Waals surface area contributed by atoms with Crippen LogP contribution in [0.2, 0.25) is 0 Å². The predicted octanol–water partition coefficient (Wildman–Crippen LogP) is 3.79. The van der Waals surface area contributed by atoms with Crippen LogP contribution >= 0.6 is 0 Å². The number of nitrogens with zero attached hydrogens (tertiary/aromatic N) is 3. The van der Waals surface area contributed by atoms with Crippen molar-refractivity contribution in [2.24, 2.45) is 7.05 Å². The number of aromatic nitrogens is 3. The summed E-state index contributed by atoms with van der Waals surface area (Å²) in [6.45, 7) is 1.92. The van der Waals surface area contributed by atoms with Crippen LogP contribution < -0.4 is 10.1 Å². The first kappa shape index (κ1) is 22.3. The second-order valence-electron chi connectivity index (χ2n) is 6.97. The van der Waals surface area contributed by atoms with Crippen molar-refractivity contribution in [1.29, 1.82) is 0 Å². The average Bonchev–Trinajstić information content (AvgIpc) is 3.14. The van der Waals surface area contributed by atoms with Gasteiger partial charge in [-0.15, -0.1) is 0 Å². The smallest absolute Gasteiger partial charge is 0.416 e. The first-order valence-electron chi connectivity index (χ1n) is 9.45. The standard InChI is InChI=1S/C21H21F3N4O3/c1-13(29)7-9-25-19(30)14-11-17(18-8-10-28(2)27-18)20(26-12-14)31-16-5-3-15(4-6-16)21(22,23)24/h3-6,8,10-13,29H,7,9H2,1-2H3,(H,25,30)/t13-/m0/s1. The van der Waals surface area contributed by atoms with Crippen LogP contribution in [-0.2, 0) is 13.2 Å². The molecule has 1 amide bonds. The number of carbonyl (C=O) groups excluding carboxylic acids is 1. The largest absolute Gasteiger partial charge is 0.438 e. The van der Waals surface area contributed by atoms with Crippen LogP contribution in [0.3, 0.4) is 0 Å². The molecule has 1 atom stereocenters. The van der Waals surface area contributed by atoms with Gasteiger partial charge in [-0.25, -0.2) is 4.98 Å². The summed E-state index contributed by atoms with van der Waals surface area (Å²) >= 11 is 0. The highest BCUT2D eigenvalue weighted by atomic mass is 19.4. The van der Waals surface area contributed by atoms with E-state index in [1.165, 1.54) is 18.3 Å². The van der Waals surface area contributed by atoms with Crippen LogP contribution in [0.1, 0.15) is 29.3 Å². The summed E-state index contributed by atoms with van der Waals surface area (Å²) in [6, 6.07) is 7.48. The van der Waals surface area contributed by atoms with E-state index >= 15 is 0 Å². The SMILES string of the molecule is C[C@H](O)CCNC(=O)c1cnc(Oc2ccc(C(F)(F)F)cc2)c(-c2ccn(C)n2)c1. The second-order valence-corrected chi connectivity index (χ2v) is 6.97. The zero-order valence-corrected chi connectivity index (χ0v) is 16.8. The molecule has 7 nitrogen and oxygen atoms in total. The fourth-order valence-corrected chi connectivity index (χ4v) is 2.72. The van der Waals surface area contributed by atoms with Crippen molar-refractivity contribution in [2.75, 3.05) is 6.54 Å². The summed E-state index contributed by atoms with van der Waals surface area (Å²) < 4.78 is 45.6. The van der Waals surface area contributed by atoms with Crippen molar-refractivity contribution in [3.05, 3.63) is 59.9 Å². The lowest BCUT2D eigenvalue weighted by molar-refractivity contribution is -0.137. The van der Waals surface area contributed by atoms with E-state index in [4.69, 9.17) is 4.74 Å². The Morgan fingerprint density at radius 1 is 1.26 bits per heavy atom. The van der Waals surface area contributed by atoms with Crippen LogP contribution in [0.4, 0.5) is 13.2 Å². The van der Waals surface area contributed by atoms with Gasteiger partial charge in [0.2, 0.25) is 5.88 Å². The number of hydrogen-bond acceptors (Lipinski definition) is 5.